The molecular formula is C21H20ClF3O5S. The van der Waals surface area contributed by atoms with Crippen molar-refractivity contribution >= 4 is 39.1 Å². The molecule has 10 heteroatoms. The van der Waals surface area contributed by atoms with Crippen LogP contribution in [0.15, 0.2) is 46.4 Å². The van der Waals surface area contributed by atoms with E-state index in [1.54, 1.807) is 25.2 Å². The van der Waals surface area contributed by atoms with Gasteiger partial charge in [0.25, 0.3) is 0 Å². The van der Waals surface area contributed by atoms with Crippen LogP contribution in [0, 0.1) is 0 Å². The highest BCUT2D eigenvalue weighted by atomic mass is 35.5. The average Bonchev–Trinajstić information content (AvgIpc) is 2.71. The maximum Gasteiger partial charge on any atom is 0.411 e. The van der Waals surface area contributed by atoms with Gasteiger partial charge in [0.1, 0.15) is 12.9 Å². The Kier molecular flexibility index (Phi) is 8.02. The van der Waals surface area contributed by atoms with Gasteiger partial charge in [-0.1, -0.05) is 35.9 Å². The molecule has 1 aromatic carbocycles. The summed E-state index contributed by atoms with van der Waals surface area (Å²) in [6.45, 7) is -0.659. The molecule has 0 bridgehead atoms. The van der Waals surface area contributed by atoms with Crippen molar-refractivity contribution in [1.29, 1.82) is 0 Å². The molecule has 168 valence electrons. The highest BCUT2D eigenvalue weighted by Crippen LogP contribution is 2.36. The van der Waals surface area contributed by atoms with Crippen LogP contribution < -0.4 is 0 Å². The van der Waals surface area contributed by atoms with Crippen molar-refractivity contribution in [2.24, 2.45) is 0 Å². The fourth-order valence-electron chi connectivity index (χ4n) is 2.99. The second kappa shape index (κ2) is 9.93. The number of carbonyl (C=O) groups is 2. The highest BCUT2D eigenvalue weighted by Gasteiger charge is 2.29. The zero-order valence-corrected chi connectivity index (χ0v) is 18.3. The minimum absolute atomic E-state index is 0.118. The van der Waals surface area contributed by atoms with Crippen molar-refractivity contribution < 1.29 is 35.9 Å². The van der Waals surface area contributed by atoms with Gasteiger partial charge in [0, 0.05) is 29.4 Å². The summed E-state index contributed by atoms with van der Waals surface area (Å²) in [6.07, 6.45) is 1.99. The monoisotopic (exact) mass is 476 g/mol. The molecule has 1 aliphatic carbocycles. The van der Waals surface area contributed by atoms with Crippen LogP contribution in [0.1, 0.15) is 30.9 Å². The summed E-state index contributed by atoms with van der Waals surface area (Å²) in [4.78, 5) is 23.8. The average molecular weight is 477 g/mol. The quantitative estimate of drug-likeness (QED) is 0.559. The molecule has 5 nitrogen and oxygen atoms in total. The molecule has 0 radical (unpaired) electrons. The van der Waals surface area contributed by atoms with Gasteiger partial charge in [-0.25, -0.2) is 8.42 Å². The lowest BCUT2D eigenvalue weighted by molar-refractivity contribution is -0.176. The van der Waals surface area contributed by atoms with E-state index in [0.717, 1.165) is 6.26 Å². The Hall–Kier alpha value is -2.23. The van der Waals surface area contributed by atoms with Gasteiger partial charge >= 0.3 is 6.18 Å². The van der Waals surface area contributed by atoms with Crippen LogP contribution in [-0.2, 0) is 30.8 Å². The van der Waals surface area contributed by atoms with Gasteiger partial charge in [0.2, 0.25) is 0 Å². The Labute approximate surface area is 183 Å². The van der Waals surface area contributed by atoms with Crippen molar-refractivity contribution in [2.45, 2.75) is 37.4 Å². The number of hydrogen-bond acceptors (Lipinski definition) is 5. The van der Waals surface area contributed by atoms with Crippen LogP contribution in [0.25, 0.3) is 5.57 Å². The van der Waals surface area contributed by atoms with E-state index in [-0.39, 0.29) is 44.4 Å². The van der Waals surface area contributed by atoms with Gasteiger partial charge in [-0.3, -0.25) is 9.59 Å². The van der Waals surface area contributed by atoms with Crippen molar-refractivity contribution in [3.63, 3.8) is 0 Å². The lowest BCUT2D eigenvalue weighted by atomic mass is 9.94. The van der Waals surface area contributed by atoms with E-state index >= 15 is 0 Å². The van der Waals surface area contributed by atoms with Crippen LogP contribution in [0.3, 0.4) is 0 Å². The van der Waals surface area contributed by atoms with Crippen LogP contribution >= 0.6 is 11.6 Å². The van der Waals surface area contributed by atoms with Crippen molar-refractivity contribution in [2.75, 3.05) is 12.9 Å². The number of ketones is 1. The Morgan fingerprint density at radius 3 is 2.52 bits per heavy atom. The number of aldehydes is 1. The molecule has 0 aliphatic heterocycles. The predicted octanol–water partition coefficient (Wildman–Crippen LogP) is 4.64. The largest absolute Gasteiger partial charge is 0.411 e. The van der Waals surface area contributed by atoms with Gasteiger partial charge < -0.3 is 4.74 Å². The summed E-state index contributed by atoms with van der Waals surface area (Å²) in [6, 6.07) is 2.56. The minimum atomic E-state index is -4.60. The van der Waals surface area contributed by atoms with E-state index in [2.05, 4.69) is 4.74 Å². The number of Topliss-reactive ketones (excluding diaryl/α,β-unsaturated/α-hetero) is 1. The first-order valence-electron chi connectivity index (χ1n) is 9.06. The van der Waals surface area contributed by atoms with Gasteiger partial charge in [0.05, 0.1) is 16.5 Å². The zero-order chi connectivity index (χ0) is 23.4. The van der Waals surface area contributed by atoms with Crippen LogP contribution in [0.2, 0.25) is 5.02 Å². The Morgan fingerprint density at radius 1 is 1.26 bits per heavy atom. The molecule has 0 spiro atoms. The van der Waals surface area contributed by atoms with Crippen LogP contribution in [-0.4, -0.2) is 39.5 Å². The SMILES string of the molecule is C/C1=C/C/C=C/C(c2ccc(S(C)(=O)=O)c(COCC(F)(F)F)c2Cl)=C(C=O)CC1=O. The normalized spacial score (nSPS) is 18.6. The van der Waals surface area contributed by atoms with Crippen molar-refractivity contribution in [3.8, 4) is 0 Å². The molecule has 2 rings (SSSR count). The van der Waals surface area contributed by atoms with Gasteiger partial charge in [0.15, 0.2) is 15.6 Å². The van der Waals surface area contributed by atoms with E-state index in [9.17, 15) is 31.2 Å². The van der Waals surface area contributed by atoms with E-state index in [4.69, 9.17) is 11.6 Å². The molecule has 1 aromatic rings. The maximum absolute atomic E-state index is 12.5. The summed E-state index contributed by atoms with van der Waals surface area (Å²) in [5.74, 6) is -0.263. The molecule has 0 saturated carbocycles. The number of allylic oxidation sites excluding steroid dienone is 6. The number of rotatable bonds is 6. The third-order valence-electron chi connectivity index (χ3n) is 4.53. The number of benzene rings is 1. The first-order chi connectivity index (χ1) is 14.3. The number of alkyl halides is 3. The second-order valence-corrected chi connectivity index (χ2v) is 9.33. The molecule has 1 aliphatic rings. The second-order valence-electron chi connectivity index (χ2n) is 6.97. The molecule has 0 amide bonds. The molecule has 0 N–H and O–H groups in total. The topological polar surface area (TPSA) is 77.5 Å². The van der Waals surface area contributed by atoms with Crippen LogP contribution in [0.4, 0.5) is 13.2 Å². The Balaban J connectivity index is 2.64. The molecule has 31 heavy (non-hydrogen) atoms. The first-order valence-corrected chi connectivity index (χ1v) is 11.3. The molecule has 0 heterocycles. The summed E-state index contributed by atoms with van der Waals surface area (Å²) in [5.41, 5.74) is 0.952. The fraction of sp³-hybridized carbons (Fsp3) is 0.333. The number of ether oxygens (including phenoxy) is 1. The van der Waals surface area contributed by atoms with Crippen molar-refractivity contribution in [3.05, 3.63) is 57.7 Å². The number of halogens is 4. The van der Waals surface area contributed by atoms with Gasteiger partial charge in [-0.15, -0.1) is 0 Å². The molecule has 0 fully saturated rings. The van der Waals surface area contributed by atoms with E-state index in [1.807, 2.05) is 0 Å². The Bertz CT molecular complexity index is 1080. The number of sulfone groups is 1. The summed E-state index contributed by atoms with van der Waals surface area (Å²) >= 11 is 6.42. The third-order valence-corrected chi connectivity index (χ3v) is 6.14. The maximum atomic E-state index is 12.5. The molecule has 0 saturated heterocycles. The van der Waals surface area contributed by atoms with E-state index in [1.165, 1.54) is 12.1 Å². The van der Waals surface area contributed by atoms with Crippen molar-refractivity contribution in [1.82, 2.24) is 0 Å². The standard InChI is InChI=1S/C21H20ClF3O5S/c1-13-5-3-4-6-15(14(10-26)9-18(13)27)16-7-8-19(31(2,28)29)17(20(16)22)11-30-12-21(23,24)25/h4-8,10H,3,9,11-12H2,1-2H3/b6-4+,13-5-,15-14?. The molecular weight excluding hydrogens is 457 g/mol. The third kappa shape index (κ3) is 6.62. The minimum Gasteiger partial charge on any atom is -0.367 e. The summed E-state index contributed by atoms with van der Waals surface area (Å²) in [5, 5.41) is -0.166. The summed E-state index contributed by atoms with van der Waals surface area (Å²) < 4.78 is 66.4. The van der Waals surface area contributed by atoms with E-state index < -0.39 is 29.2 Å². The summed E-state index contributed by atoms with van der Waals surface area (Å²) in [7, 11) is -3.84. The molecule has 0 unspecified atom stereocenters. The molecule has 0 aromatic heterocycles. The Morgan fingerprint density at radius 2 is 1.94 bits per heavy atom. The predicted molar refractivity (Wildman–Crippen MR) is 110 cm³/mol. The van der Waals surface area contributed by atoms with Gasteiger partial charge in [-0.2, -0.15) is 13.2 Å². The highest BCUT2D eigenvalue weighted by molar-refractivity contribution is 7.90. The number of carbonyl (C=O) groups excluding carboxylic acids is 2. The van der Waals surface area contributed by atoms with E-state index in [0.29, 0.717) is 18.3 Å². The lowest BCUT2D eigenvalue weighted by Gasteiger charge is -2.17. The lowest BCUT2D eigenvalue weighted by Crippen LogP contribution is -2.17. The number of hydrogen-bond donors (Lipinski definition) is 0. The van der Waals surface area contributed by atoms with Crippen LogP contribution in [0.5, 0.6) is 0 Å². The smallest absolute Gasteiger partial charge is 0.367 e. The zero-order valence-electron chi connectivity index (χ0n) is 16.8. The fourth-order valence-corrected chi connectivity index (χ4v) is 4.29. The first kappa shape index (κ1) is 25.0. The molecule has 0 atom stereocenters. The van der Waals surface area contributed by atoms with Gasteiger partial charge in [-0.05, 0) is 30.6 Å².